The predicted molar refractivity (Wildman–Crippen MR) is 54.4 cm³/mol. The lowest BCUT2D eigenvalue weighted by molar-refractivity contribution is -0.124. The van der Waals surface area contributed by atoms with E-state index < -0.39 is 23.7 Å². The molecule has 1 aliphatic rings. The summed E-state index contributed by atoms with van der Waals surface area (Å²) in [6, 6.07) is 2.58. The normalized spacial score (nSPS) is 19.4. The highest BCUT2D eigenvalue weighted by molar-refractivity contribution is 5.93. The van der Waals surface area contributed by atoms with Gasteiger partial charge in [0.2, 0.25) is 0 Å². The van der Waals surface area contributed by atoms with Crippen LogP contribution in [0.25, 0.3) is 0 Å². The monoisotopic (exact) mass is 240 g/mol. The zero-order valence-corrected chi connectivity index (χ0v) is 8.91. The largest absolute Gasteiger partial charge is 0.451 e. The van der Waals surface area contributed by atoms with Gasteiger partial charge in [0.1, 0.15) is 11.6 Å². The molecule has 1 saturated carbocycles. The molecular weight excluding hydrogens is 230 g/mol. The Labute approximate surface area is 96.4 Å². The fourth-order valence-corrected chi connectivity index (χ4v) is 1.76. The molecule has 0 aromatic heterocycles. The van der Waals surface area contributed by atoms with Crippen molar-refractivity contribution < 1.29 is 23.1 Å². The standard InChI is InChI=1S/C12H10F2O3/c13-7-4-5-8(9(14)6-7)12(16)17-11-3-1-2-10(11)15/h4-6,11H,1-3H2/t11-/m1/s1. The number of rotatable bonds is 2. The highest BCUT2D eigenvalue weighted by atomic mass is 19.1. The number of hydrogen-bond acceptors (Lipinski definition) is 3. The third-order valence-corrected chi connectivity index (χ3v) is 2.65. The molecule has 0 heterocycles. The van der Waals surface area contributed by atoms with E-state index in [-0.39, 0.29) is 11.3 Å². The first-order valence-electron chi connectivity index (χ1n) is 5.26. The van der Waals surface area contributed by atoms with Crippen LogP contribution in [-0.2, 0) is 9.53 Å². The number of carbonyl (C=O) groups is 2. The zero-order chi connectivity index (χ0) is 12.4. The van der Waals surface area contributed by atoms with E-state index in [1.54, 1.807) is 0 Å². The molecule has 0 aliphatic heterocycles. The second-order valence-electron chi connectivity index (χ2n) is 3.88. The molecule has 1 aromatic rings. The van der Waals surface area contributed by atoms with E-state index in [4.69, 9.17) is 4.74 Å². The number of ketones is 1. The summed E-state index contributed by atoms with van der Waals surface area (Å²) in [7, 11) is 0. The van der Waals surface area contributed by atoms with Crippen molar-refractivity contribution in [2.24, 2.45) is 0 Å². The van der Waals surface area contributed by atoms with Crippen molar-refractivity contribution in [2.45, 2.75) is 25.4 Å². The number of carbonyl (C=O) groups excluding carboxylic acids is 2. The summed E-state index contributed by atoms with van der Waals surface area (Å²) in [6.45, 7) is 0. The molecule has 1 fully saturated rings. The number of ether oxygens (including phenoxy) is 1. The van der Waals surface area contributed by atoms with E-state index in [9.17, 15) is 18.4 Å². The zero-order valence-electron chi connectivity index (χ0n) is 8.91. The summed E-state index contributed by atoms with van der Waals surface area (Å²) in [5.74, 6) is -2.83. The summed E-state index contributed by atoms with van der Waals surface area (Å²) < 4.78 is 30.8. The second-order valence-corrected chi connectivity index (χ2v) is 3.88. The van der Waals surface area contributed by atoms with E-state index >= 15 is 0 Å². The molecule has 0 radical (unpaired) electrons. The van der Waals surface area contributed by atoms with E-state index in [1.807, 2.05) is 0 Å². The Hall–Kier alpha value is -1.78. The van der Waals surface area contributed by atoms with Gasteiger partial charge in [0.05, 0.1) is 5.56 Å². The molecule has 1 aromatic carbocycles. The molecule has 1 atom stereocenters. The molecule has 90 valence electrons. The van der Waals surface area contributed by atoms with Crippen LogP contribution < -0.4 is 0 Å². The summed E-state index contributed by atoms with van der Waals surface area (Å²) in [6.07, 6.45) is 0.729. The number of hydrogen-bond donors (Lipinski definition) is 0. The summed E-state index contributed by atoms with van der Waals surface area (Å²) in [4.78, 5) is 22.8. The van der Waals surface area contributed by atoms with E-state index in [0.717, 1.165) is 12.1 Å². The SMILES string of the molecule is O=C(O[C@@H]1CCCC1=O)c1ccc(F)cc1F. The highest BCUT2D eigenvalue weighted by Gasteiger charge is 2.29. The minimum absolute atomic E-state index is 0.152. The van der Waals surface area contributed by atoms with Crippen LogP contribution in [0.15, 0.2) is 18.2 Å². The van der Waals surface area contributed by atoms with Gasteiger partial charge >= 0.3 is 5.97 Å². The van der Waals surface area contributed by atoms with Gasteiger partial charge < -0.3 is 4.74 Å². The maximum absolute atomic E-state index is 13.2. The van der Waals surface area contributed by atoms with Crippen molar-refractivity contribution in [3.8, 4) is 0 Å². The van der Waals surface area contributed by atoms with Crippen LogP contribution in [0, 0.1) is 11.6 Å². The van der Waals surface area contributed by atoms with E-state index in [1.165, 1.54) is 0 Å². The molecule has 1 aliphatic carbocycles. The molecule has 2 rings (SSSR count). The Balaban J connectivity index is 2.11. The van der Waals surface area contributed by atoms with Crippen molar-refractivity contribution >= 4 is 11.8 Å². The van der Waals surface area contributed by atoms with Crippen LogP contribution in [0.1, 0.15) is 29.6 Å². The van der Waals surface area contributed by atoms with Crippen molar-refractivity contribution in [3.05, 3.63) is 35.4 Å². The number of halogens is 2. The molecule has 5 heteroatoms. The number of esters is 1. The van der Waals surface area contributed by atoms with E-state index in [2.05, 4.69) is 0 Å². The predicted octanol–water partition coefficient (Wildman–Crippen LogP) is 2.24. The minimum atomic E-state index is -0.986. The lowest BCUT2D eigenvalue weighted by atomic mass is 10.2. The van der Waals surface area contributed by atoms with Crippen LogP contribution >= 0.6 is 0 Å². The van der Waals surface area contributed by atoms with Crippen molar-refractivity contribution in [1.29, 1.82) is 0 Å². The van der Waals surface area contributed by atoms with Gasteiger partial charge in [0.25, 0.3) is 0 Å². The first-order chi connectivity index (χ1) is 8.08. The first-order valence-corrected chi connectivity index (χ1v) is 5.26. The first kappa shape index (κ1) is 11.7. The molecule has 0 amide bonds. The maximum atomic E-state index is 13.2. The Morgan fingerprint density at radius 1 is 1.35 bits per heavy atom. The number of benzene rings is 1. The molecule has 0 unspecified atom stereocenters. The topological polar surface area (TPSA) is 43.4 Å². The maximum Gasteiger partial charge on any atom is 0.341 e. The van der Waals surface area contributed by atoms with Gasteiger partial charge in [-0.2, -0.15) is 0 Å². The Kier molecular flexibility index (Phi) is 3.17. The Morgan fingerprint density at radius 3 is 2.71 bits per heavy atom. The molecule has 17 heavy (non-hydrogen) atoms. The molecule has 0 saturated heterocycles. The fraction of sp³-hybridized carbons (Fsp3) is 0.333. The van der Waals surface area contributed by atoms with Gasteiger partial charge in [-0.1, -0.05) is 0 Å². The van der Waals surface area contributed by atoms with Gasteiger partial charge in [0, 0.05) is 12.5 Å². The Bertz CT molecular complexity index is 471. The highest BCUT2D eigenvalue weighted by Crippen LogP contribution is 2.20. The van der Waals surface area contributed by atoms with Crippen LogP contribution in [0.4, 0.5) is 8.78 Å². The summed E-state index contributed by atoms with van der Waals surface area (Å²) >= 11 is 0. The smallest absolute Gasteiger partial charge is 0.341 e. The van der Waals surface area contributed by atoms with Crippen molar-refractivity contribution in [1.82, 2.24) is 0 Å². The third kappa shape index (κ3) is 2.49. The third-order valence-electron chi connectivity index (χ3n) is 2.65. The minimum Gasteiger partial charge on any atom is -0.451 e. The van der Waals surface area contributed by atoms with Gasteiger partial charge in [0.15, 0.2) is 11.9 Å². The lowest BCUT2D eigenvalue weighted by Gasteiger charge is -2.10. The molecule has 0 bridgehead atoms. The molecule has 0 N–H and O–H groups in total. The molecular formula is C12H10F2O3. The van der Waals surface area contributed by atoms with Crippen LogP contribution in [0.2, 0.25) is 0 Å². The van der Waals surface area contributed by atoms with Crippen LogP contribution in [-0.4, -0.2) is 17.9 Å². The lowest BCUT2D eigenvalue weighted by Crippen LogP contribution is -2.22. The Morgan fingerprint density at radius 2 is 2.12 bits per heavy atom. The average molecular weight is 240 g/mol. The summed E-state index contributed by atoms with van der Waals surface area (Å²) in [5, 5.41) is 0. The average Bonchev–Trinajstić information content (AvgIpc) is 2.64. The van der Waals surface area contributed by atoms with Gasteiger partial charge in [-0.15, -0.1) is 0 Å². The summed E-state index contributed by atoms with van der Waals surface area (Å²) in [5.41, 5.74) is -0.355. The van der Waals surface area contributed by atoms with Gasteiger partial charge in [-0.05, 0) is 25.0 Å². The van der Waals surface area contributed by atoms with E-state index in [0.29, 0.717) is 25.3 Å². The van der Waals surface area contributed by atoms with Crippen LogP contribution in [0.3, 0.4) is 0 Å². The van der Waals surface area contributed by atoms with Crippen molar-refractivity contribution in [3.63, 3.8) is 0 Å². The van der Waals surface area contributed by atoms with Crippen molar-refractivity contribution in [2.75, 3.05) is 0 Å². The second kappa shape index (κ2) is 4.61. The quantitative estimate of drug-likeness (QED) is 0.744. The van der Waals surface area contributed by atoms with Crippen LogP contribution in [0.5, 0.6) is 0 Å². The molecule has 3 nitrogen and oxygen atoms in total. The molecule has 0 spiro atoms. The number of Topliss-reactive ketones (excluding diaryl/α,β-unsaturated/α-hetero) is 1. The van der Waals surface area contributed by atoms with Gasteiger partial charge in [-0.25, -0.2) is 13.6 Å². The fourth-order valence-electron chi connectivity index (χ4n) is 1.76. The van der Waals surface area contributed by atoms with Gasteiger partial charge in [-0.3, -0.25) is 4.79 Å².